The Morgan fingerprint density at radius 1 is 0.839 bits per heavy atom. The van der Waals surface area contributed by atoms with Crippen LogP contribution in [0.1, 0.15) is 92.9 Å². The third-order valence-electron chi connectivity index (χ3n) is 17.0. The number of allylic oxidation sites excluding steroid dienone is 1. The van der Waals surface area contributed by atoms with Crippen molar-refractivity contribution < 1.29 is 74.5 Å². The molecular formula is C41H64O15. The Morgan fingerprint density at radius 2 is 1.54 bits per heavy atom. The van der Waals surface area contributed by atoms with Crippen LogP contribution in [0.25, 0.3) is 0 Å². The number of carboxylic acid groups (broad SMARTS) is 1. The average Bonchev–Trinajstić information content (AvgIpc) is 3.14. The zero-order chi connectivity index (χ0) is 41.1. The standard InChI is InChI=1S/C41H64O15/c1-36(17-42)14-20-19-13-21(44)32-38(3)9-8-25(39(4,18-43)23(38)7-10-41(32,6)40(19,5)12-11-37(20,2)24(46)15-36)54-35-31(28(49)27(48)30(55-35)33(51)52)56-34-29(50)26(47)22(45)16-53-34/h13,20-23,25-32,34-35,42-45,47-50H,7-12,14-18H2,1-6H3,(H,51,52)/t20-,21+,22-,23+,25-,26-,27-,28-,29+,30-,31+,32+,34-,35+,36+,37+,38-,39+,40+,41+/m0/s1. The zero-order valence-electron chi connectivity index (χ0n) is 33.4. The summed E-state index contributed by atoms with van der Waals surface area (Å²) in [5, 5.41) is 96.7. The van der Waals surface area contributed by atoms with Gasteiger partial charge in [-0.3, -0.25) is 4.79 Å². The highest BCUT2D eigenvalue weighted by Gasteiger charge is 2.71. The summed E-state index contributed by atoms with van der Waals surface area (Å²) in [6.45, 7) is 11.9. The first-order valence-corrected chi connectivity index (χ1v) is 20.4. The molecule has 0 amide bonds. The second-order valence-corrected chi connectivity index (χ2v) is 20.1. The minimum atomic E-state index is -1.96. The molecule has 20 atom stereocenters. The molecule has 56 heavy (non-hydrogen) atoms. The lowest BCUT2D eigenvalue weighted by atomic mass is 9.33. The van der Waals surface area contributed by atoms with Crippen LogP contribution in [0.4, 0.5) is 0 Å². The van der Waals surface area contributed by atoms with Gasteiger partial charge in [0.2, 0.25) is 0 Å². The number of hydrogen-bond donors (Lipinski definition) is 9. The molecule has 318 valence electrons. The van der Waals surface area contributed by atoms with E-state index in [0.29, 0.717) is 38.5 Å². The normalized spacial score (nSPS) is 55.9. The number of aliphatic carboxylic acids is 1. The molecule has 0 bridgehead atoms. The van der Waals surface area contributed by atoms with Crippen molar-refractivity contribution >= 4 is 11.8 Å². The Labute approximate surface area is 328 Å². The molecule has 0 spiro atoms. The van der Waals surface area contributed by atoms with Gasteiger partial charge in [-0.2, -0.15) is 0 Å². The predicted molar refractivity (Wildman–Crippen MR) is 195 cm³/mol. The predicted octanol–water partition coefficient (Wildman–Crippen LogP) is 0.643. The minimum absolute atomic E-state index is 0.0840. The SMILES string of the molecule is C[C@]1(CO)CC(=O)[C@]2(C)CC[C@]3(C)C(=C[C@@H](O)[C@@H]4[C@@]5(C)CC[C@H](O[C@@H]6O[C@H](C(=O)O)[C@@H](O)[C@H](O)[C@H]6O[C@@H]6OC[C@H](O)[C@H](O)[C@H]6O)[C@](C)(CO)[C@@H]5CC[C@]43C)[C@@H]2C1. The van der Waals surface area contributed by atoms with Gasteiger partial charge in [0, 0.05) is 29.8 Å². The maximum atomic E-state index is 13.8. The Balaban J connectivity index is 1.19. The molecule has 0 aromatic heterocycles. The van der Waals surface area contributed by atoms with E-state index in [-0.39, 0.29) is 47.6 Å². The molecule has 2 heterocycles. The largest absolute Gasteiger partial charge is 0.479 e. The number of aliphatic hydroxyl groups is 8. The third kappa shape index (κ3) is 6.04. The number of carboxylic acids is 1. The number of ether oxygens (including phenoxy) is 4. The van der Waals surface area contributed by atoms with Crippen LogP contribution in [0.15, 0.2) is 11.6 Å². The highest BCUT2D eigenvalue weighted by atomic mass is 16.8. The van der Waals surface area contributed by atoms with Crippen molar-refractivity contribution in [2.75, 3.05) is 19.8 Å². The summed E-state index contributed by atoms with van der Waals surface area (Å²) in [5.74, 6) is -1.93. The van der Waals surface area contributed by atoms with E-state index < -0.39 is 102 Å². The van der Waals surface area contributed by atoms with Crippen LogP contribution in [0, 0.1) is 50.2 Å². The fourth-order valence-corrected chi connectivity index (χ4v) is 13.3. The lowest BCUT2D eigenvalue weighted by Crippen LogP contribution is -2.69. The first-order valence-electron chi connectivity index (χ1n) is 20.4. The summed E-state index contributed by atoms with van der Waals surface area (Å²) < 4.78 is 23.6. The Bertz CT molecular complexity index is 1570. The second kappa shape index (κ2) is 14.3. The zero-order valence-corrected chi connectivity index (χ0v) is 33.4. The van der Waals surface area contributed by atoms with E-state index in [9.17, 15) is 55.5 Å². The smallest absolute Gasteiger partial charge is 0.335 e. The maximum absolute atomic E-state index is 13.8. The van der Waals surface area contributed by atoms with Crippen molar-refractivity contribution in [3.63, 3.8) is 0 Å². The lowest BCUT2D eigenvalue weighted by molar-refractivity contribution is -0.367. The number of hydrogen-bond acceptors (Lipinski definition) is 14. The third-order valence-corrected chi connectivity index (χ3v) is 17.0. The number of ketones is 1. The first kappa shape index (κ1) is 42.5. The molecule has 9 N–H and O–H groups in total. The van der Waals surface area contributed by atoms with Gasteiger partial charge in [-0.15, -0.1) is 0 Å². The van der Waals surface area contributed by atoms with Crippen LogP contribution < -0.4 is 0 Å². The molecule has 7 aliphatic rings. The Kier molecular flexibility index (Phi) is 10.8. The van der Waals surface area contributed by atoms with E-state index in [1.807, 2.05) is 19.9 Å². The van der Waals surface area contributed by atoms with Crippen LogP contribution in [-0.2, 0) is 28.5 Å². The van der Waals surface area contributed by atoms with Gasteiger partial charge in [0.1, 0.15) is 42.4 Å². The van der Waals surface area contributed by atoms with E-state index in [2.05, 4.69) is 27.7 Å². The second-order valence-electron chi connectivity index (χ2n) is 20.1. The highest BCUT2D eigenvalue weighted by molar-refractivity contribution is 5.87. The summed E-state index contributed by atoms with van der Waals surface area (Å²) in [7, 11) is 0. The van der Waals surface area contributed by atoms with Crippen molar-refractivity contribution in [2.45, 2.75) is 160 Å². The Morgan fingerprint density at radius 3 is 2.18 bits per heavy atom. The first-order chi connectivity index (χ1) is 26.0. The Hall–Kier alpha value is -1.60. The monoisotopic (exact) mass is 796 g/mol. The molecule has 0 aromatic carbocycles. The molecule has 6 fully saturated rings. The van der Waals surface area contributed by atoms with Crippen molar-refractivity contribution in [3.8, 4) is 0 Å². The molecule has 0 radical (unpaired) electrons. The molecular weight excluding hydrogens is 732 g/mol. The van der Waals surface area contributed by atoms with Crippen molar-refractivity contribution in [1.82, 2.24) is 0 Å². The van der Waals surface area contributed by atoms with Crippen molar-refractivity contribution in [1.29, 1.82) is 0 Å². The van der Waals surface area contributed by atoms with Gasteiger partial charge in [0.05, 0.1) is 25.4 Å². The van der Waals surface area contributed by atoms with E-state index >= 15 is 0 Å². The van der Waals surface area contributed by atoms with Gasteiger partial charge < -0.3 is 64.9 Å². The fourth-order valence-electron chi connectivity index (χ4n) is 13.3. The fraction of sp³-hybridized carbons (Fsp3) is 0.902. The molecule has 0 unspecified atom stereocenters. The van der Waals surface area contributed by atoms with Gasteiger partial charge in [-0.05, 0) is 78.4 Å². The van der Waals surface area contributed by atoms with E-state index in [1.54, 1.807) is 0 Å². The topological polar surface area (TPSA) is 253 Å². The van der Waals surface area contributed by atoms with Gasteiger partial charge in [0.25, 0.3) is 0 Å². The van der Waals surface area contributed by atoms with E-state index in [4.69, 9.17) is 18.9 Å². The van der Waals surface area contributed by atoms with Crippen LogP contribution in [0.5, 0.6) is 0 Å². The van der Waals surface area contributed by atoms with Gasteiger partial charge in [-0.25, -0.2) is 4.79 Å². The number of fused-ring (bicyclic) bond motifs is 7. The van der Waals surface area contributed by atoms with Crippen LogP contribution in [-0.4, -0.2) is 145 Å². The molecule has 15 nitrogen and oxygen atoms in total. The maximum Gasteiger partial charge on any atom is 0.335 e. The summed E-state index contributed by atoms with van der Waals surface area (Å²) in [4.78, 5) is 25.9. The van der Waals surface area contributed by atoms with Crippen molar-refractivity contribution in [2.24, 2.45) is 50.2 Å². The van der Waals surface area contributed by atoms with Crippen LogP contribution in [0.3, 0.4) is 0 Å². The van der Waals surface area contributed by atoms with Gasteiger partial charge >= 0.3 is 5.97 Å². The summed E-state index contributed by atoms with van der Waals surface area (Å²) in [6.07, 6.45) is -10.3. The minimum Gasteiger partial charge on any atom is -0.479 e. The molecule has 0 aromatic rings. The molecule has 7 rings (SSSR count). The quantitative estimate of drug-likeness (QED) is 0.127. The number of Topliss-reactive ketones (excluding diaryl/α,β-unsaturated/α-hetero) is 1. The average molecular weight is 797 g/mol. The summed E-state index contributed by atoms with van der Waals surface area (Å²) in [6, 6.07) is 0. The molecule has 2 saturated heterocycles. The summed E-state index contributed by atoms with van der Waals surface area (Å²) in [5.41, 5.74) is -2.20. The highest BCUT2D eigenvalue weighted by Crippen LogP contribution is 2.75. The number of carbonyl (C=O) groups is 2. The molecule has 15 heteroatoms. The summed E-state index contributed by atoms with van der Waals surface area (Å²) >= 11 is 0. The molecule has 2 aliphatic heterocycles. The number of rotatable bonds is 7. The van der Waals surface area contributed by atoms with Crippen molar-refractivity contribution in [3.05, 3.63) is 11.6 Å². The molecule has 4 saturated carbocycles. The van der Waals surface area contributed by atoms with E-state index in [0.717, 1.165) is 18.4 Å². The van der Waals surface area contributed by atoms with Crippen LogP contribution >= 0.6 is 0 Å². The van der Waals surface area contributed by atoms with E-state index in [1.165, 1.54) is 0 Å². The van der Waals surface area contributed by atoms with Gasteiger partial charge in [0.15, 0.2) is 18.7 Å². The lowest BCUT2D eigenvalue weighted by Gasteiger charge is -2.72. The van der Waals surface area contributed by atoms with Gasteiger partial charge in [-0.1, -0.05) is 53.2 Å². The van der Waals surface area contributed by atoms with Crippen LogP contribution in [0.2, 0.25) is 0 Å². The molecule has 5 aliphatic carbocycles. The number of carbonyl (C=O) groups excluding carboxylic acids is 1. The number of aliphatic hydroxyl groups excluding tert-OH is 8.